The Morgan fingerprint density at radius 2 is 1.38 bits per heavy atom. The Labute approximate surface area is 354 Å². The third-order valence-electron chi connectivity index (χ3n) is 14.4. The van der Waals surface area contributed by atoms with Gasteiger partial charge in [-0.05, 0) is 121 Å². The topological polar surface area (TPSA) is 131 Å². The Hall–Kier alpha value is -5.88. The van der Waals surface area contributed by atoms with E-state index in [0.717, 1.165) is 60.5 Å². The lowest BCUT2D eigenvalue weighted by atomic mass is 9.69. The van der Waals surface area contributed by atoms with E-state index >= 15 is 4.39 Å². The van der Waals surface area contributed by atoms with Gasteiger partial charge >= 0.3 is 0 Å². The van der Waals surface area contributed by atoms with E-state index in [1.54, 1.807) is 23.1 Å². The summed E-state index contributed by atoms with van der Waals surface area (Å²) in [5.41, 5.74) is 8.24. The number of anilines is 1. The maximum atomic E-state index is 16.2. The highest BCUT2D eigenvalue weighted by atomic mass is 19.1. The molecule has 6 aliphatic rings. The molecule has 5 amide bonds. The van der Waals surface area contributed by atoms with Gasteiger partial charge < -0.3 is 14.9 Å². The molecule has 10 rings (SSSR count). The molecule has 4 atom stereocenters. The van der Waals surface area contributed by atoms with Crippen LogP contribution in [0.4, 0.5) is 10.1 Å². The van der Waals surface area contributed by atoms with Crippen LogP contribution in [0.25, 0.3) is 0 Å². The van der Waals surface area contributed by atoms with Crippen molar-refractivity contribution in [1.82, 2.24) is 20.0 Å². The molecule has 5 aliphatic heterocycles. The molecule has 314 valence electrons. The molecule has 12 heteroatoms. The lowest BCUT2D eigenvalue weighted by molar-refractivity contribution is -0.139. The Morgan fingerprint density at radius 3 is 2.03 bits per heavy atom. The number of phenolic OH excluding ortho intramolecular Hbond substituents is 1. The Kier molecular flexibility index (Phi) is 10.2. The number of halogens is 1. The number of imide groups is 2. The number of benzene rings is 4. The summed E-state index contributed by atoms with van der Waals surface area (Å²) in [5, 5.41) is 12.4. The van der Waals surface area contributed by atoms with Gasteiger partial charge in [-0.25, -0.2) is 4.39 Å². The number of nitrogens with zero attached hydrogens (tertiary/aromatic N) is 4. The molecular formula is C49H50FN5O6. The summed E-state index contributed by atoms with van der Waals surface area (Å²) in [7, 11) is 0. The standard InChI is InChI=1S/C49H50FN5O6/c50-45(54-27-34-25-40-41(26-35(34)28-54)49(61)55(48(40)60)42-14-15-43(57)51-46(42)58)31-16-22-53(23-17-31)47(59)32-18-20-52(21-19-32)36-9-6-30(7-10-36)44-38(29-4-2-1-3-5-29)12-8-33-24-37(56)11-13-39(33)44/h1-7,9-11,13,24-26,31-32,38,42,44-45,56H,8,12,14-23,27-28H2,(H,51,57,58)/t38-,42?,44+,45?/m1/s1. The molecule has 0 spiro atoms. The van der Waals surface area contributed by atoms with Crippen LogP contribution in [0.2, 0.25) is 0 Å². The summed E-state index contributed by atoms with van der Waals surface area (Å²) in [6, 6.07) is 27.8. The van der Waals surface area contributed by atoms with Crippen molar-refractivity contribution in [2.24, 2.45) is 11.8 Å². The highest BCUT2D eigenvalue weighted by Gasteiger charge is 2.46. The molecule has 0 aromatic heterocycles. The Balaban J connectivity index is 0.722. The van der Waals surface area contributed by atoms with Gasteiger partial charge in [-0.15, -0.1) is 0 Å². The highest BCUT2D eigenvalue weighted by Crippen LogP contribution is 2.47. The summed E-state index contributed by atoms with van der Waals surface area (Å²) in [6.45, 7) is 3.24. The average Bonchev–Trinajstić information content (AvgIpc) is 3.82. The second kappa shape index (κ2) is 15.9. The van der Waals surface area contributed by atoms with Crippen molar-refractivity contribution in [3.8, 4) is 5.75 Å². The number of phenols is 1. The average molecular weight is 824 g/mol. The maximum Gasteiger partial charge on any atom is 0.262 e. The van der Waals surface area contributed by atoms with Crippen LogP contribution in [0.1, 0.15) is 111 Å². The Bertz CT molecular complexity index is 2360. The van der Waals surface area contributed by atoms with Crippen molar-refractivity contribution < 1.29 is 33.5 Å². The van der Waals surface area contributed by atoms with Gasteiger partial charge in [-0.1, -0.05) is 48.5 Å². The molecule has 11 nitrogen and oxygen atoms in total. The third kappa shape index (κ3) is 7.18. The minimum Gasteiger partial charge on any atom is -0.508 e. The first-order valence-electron chi connectivity index (χ1n) is 21.9. The molecule has 3 fully saturated rings. The molecule has 1 aliphatic carbocycles. The van der Waals surface area contributed by atoms with Crippen molar-refractivity contribution in [1.29, 1.82) is 0 Å². The van der Waals surface area contributed by atoms with Gasteiger partial charge in [0.1, 0.15) is 11.8 Å². The number of nitrogens with one attached hydrogen (secondary N) is 1. The van der Waals surface area contributed by atoms with Crippen molar-refractivity contribution in [2.75, 3.05) is 31.1 Å². The number of piperidine rings is 3. The quantitative estimate of drug-likeness (QED) is 0.161. The SMILES string of the molecule is O=C1CCC(N2C(=O)c3cc4c(cc3C2=O)CN(C(F)C2CCN(C(=O)C3CCN(c5ccc([C@@H]6c7ccc(O)cc7CC[C@@H]6c6ccccc6)cc5)CC3)CC2)C4)C(=O)N1. The molecule has 2 unspecified atom stereocenters. The molecule has 4 aromatic carbocycles. The van der Waals surface area contributed by atoms with Crippen LogP contribution in [-0.4, -0.2) is 87.9 Å². The second-order valence-electron chi connectivity index (χ2n) is 17.8. The number of aryl methyl sites for hydroxylation is 1. The number of aromatic hydroxyl groups is 1. The smallest absolute Gasteiger partial charge is 0.262 e. The van der Waals surface area contributed by atoms with Crippen LogP contribution >= 0.6 is 0 Å². The van der Waals surface area contributed by atoms with Gasteiger partial charge in [-0.2, -0.15) is 0 Å². The molecule has 0 saturated carbocycles. The Morgan fingerprint density at radius 1 is 0.705 bits per heavy atom. The van der Waals surface area contributed by atoms with Gasteiger partial charge in [0, 0.05) is 69.1 Å². The van der Waals surface area contributed by atoms with Crippen molar-refractivity contribution in [2.45, 2.75) is 88.6 Å². The zero-order valence-electron chi connectivity index (χ0n) is 34.1. The number of alkyl halides is 1. The highest BCUT2D eigenvalue weighted by molar-refractivity contribution is 6.23. The fraction of sp³-hybridized carbons (Fsp3) is 0.408. The molecule has 4 aromatic rings. The number of hydrogen-bond donors (Lipinski definition) is 2. The number of hydrogen-bond acceptors (Lipinski definition) is 8. The molecule has 61 heavy (non-hydrogen) atoms. The van der Waals surface area contributed by atoms with E-state index in [1.807, 2.05) is 11.0 Å². The predicted molar refractivity (Wildman–Crippen MR) is 225 cm³/mol. The van der Waals surface area contributed by atoms with Crippen molar-refractivity contribution in [3.63, 3.8) is 0 Å². The van der Waals surface area contributed by atoms with Crippen LogP contribution in [0, 0.1) is 11.8 Å². The number of carbonyl (C=O) groups is 5. The zero-order valence-corrected chi connectivity index (χ0v) is 34.1. The fourth-order valence-corrected chi connectivity index (χ4v) is 11.1. The fourth-order valence-electron chi connectivity index (χ4n) is 11.1. The van der Waals surface area contributed by atoms with Gasteiger partial charge in [-0.3, -0.25) is 39.1 Å². The second-order valence-corrected chi connectivity index (χ2v) is 17.8. The predicted octanol–water partition coefficient (Wildman–Crippen LogP) is 6.42. The van der Waals surface area contributed by atoms with E-state index in [4.69, 9.17) is 0 Å². The number of amides is 5. The number of fused-ring (bicyclic) bond motifs is 3. The van der Waals surface area contributed by atoms with Gasteiger partial charge in [0.25, 0.3) is 11.8 Å². The number of rotatable bonds is 7. The van der Waals surface area contributed by atoms with E-state index in [0.29, 0.717) is 50.7 Å². The van der Waals surface area contributed by atoms with E-state index < -0.39 is 36.0 Å². The molecular weight excluding hydrogens is 774 g/mol. The van der Waals surface area contributed by atoms with Crippen LogP contribution in [0.3, 0.4) is 0 Å². The van der Waals surface area contributed by atoms with Crippen LogP contribution in [-0.2, 0) is 33.9 Å². The lowest BCUT2D eigenvalue weighted by Crippen LogP contribution is -2.54. The van der Waals surface area contributed by atoms with Crippen LogP contribution < -0.4 is 10.2 Å². The largest absolute Gasteiger partial charge is 0.508 e. The summed E-state index contributed by atoms with van der Waals surface area (Å²) in [5.74, 6) is -1.48. The molecule has 0 radical (unpaired) electrons. The minimum atomic E-state index is -1.23. The normalized spacial score (nSPS) is 24.1. The minimum absolute atomic E-state index is 0.0540. The molecule has 2 N–H and O–H groups in total. The van der Waals surface area contributed by atoms with E-state index in [1.165, 1.54) is 22.3 Å². The van der Waals surface area contributed by atoms with Gasteiger partial charge in [0.2, 0.25) is 17.7 Å². The zero-order chi connectivity index (χ0) is 41.9. The van der Waals surface area contributed by atoms with Gasteiger partial charge in [0.05, 0.1) is 11.1 Å². The first kappa shape index (κ1) is 39.3. The van der Waals surface area contributed by atoms with Crippen molar-refractivity contribution >= 4 is 35.2 Å². The summed E-state index contributed by atoms with van der Waals surface area (Å²) < 4.78 is 16.2. The first-order valence-corrected chi connectivity index (χ1v) is 21.9. The number of likely N-dealkylation sites (tertiary alicyclic amines) is 1. The van der Waals surface area contributed by atoms with E-state index in [2.05, 4.69) is 70.9 Å². The first-order chi connectivity index (χ1) is 29.6. The van der Waals surface area contributed by atoms with Crippen LogP contribution in [0.15, 0.2) is 84.9 Å². The van der Waals surface area contributed by atoms with E-state index in [9.17, 15) is 29.1 Å². The summed E-state index contributed by atoms with van der Waals surface area (Å²) in [4.78, 5) is 71.6. The lowest BCUT2D eigenvalue weighted by Gasteiger charge is -2.39. The number of carbonyl (C=O) groups excluding carboxylic acids is 5. The molecule has 5 heterocycles. The van der Waals surface area contributed by atoms with E-state index in [-0.39, 0.29) is 47.6 Å². The summed E-state index contributed by atoms with van der Waals surface area (Å²) in [6.07, 6.45) is 3.54. The maximum absolute atomic E-state index is 16.2. The van der Waals surface area contributed by atoms with Crippen LogP contribution in [0.5, 0.6) is 5.75 Å². The monoisotopic (exact) mass is 823 g/mol. The van der Waals surface area contributed by atoms with Crippen molar-refractivity contribution in [3.05, 3.63) is 129 Å². The molecule has 0 bridgehead atoms. The summed E-state index contributed by atoms with van der Waals surface area (Å²) >= 11 is 0. The molecule has 3 saturated heterocycles. The van der Waals surface area contributed by atoms with Gasteiger partial charge in [0.15, 0.2) is 6.30 Å². The third-order valence-corrected chi connectivity index (χ3v) is 14.4.